The summed E-state index contributed by atoms with van der Waals surface area (Å²) in [6.07, 6.45) is 1.36. The summed E-state index contributed by atoms with van der Waals surface area (Å²) in [5.74, 6) is -1.60. The third kappa shape index (κ3) is 3.52. The lowest BCUT2D eigenvalue weighted by atomic mass is 10.0. The number of carbonyl (C=O) groups is 2. The molecular formula is C20H16N4O2. The first-order valence-corrected chi connectivity index (χ1v) is 8.02. The maximum atomic E-state index is 12.7. The van der Waals surface area contributed by atoms with Crippen molar-refractivity contribution in [3.63, 3.8) is 0 Å². The molecule has 0 unspecified atom stereocenters. The second-order valence-electron chi connectivity index (χ2n) is 5.72. The van der Waals surface area contributed by atoms with Crippen LogP contribution in [0.4, 0.5) is 11.4 Å². The summed E-state index contributed by atoms with van der Waals surface area (Å²) in [6.45, 7) is 1.70. The summed E-state index contributed by atoms with van der Waals surface area (Å²) in [5.41, 5.74) is 1.61. The van der Waals surface area contributed by atoms with E-state index in [0.717, 1.165) is 0 Å². The van der Waals surface area contributed by atoms with E-state index < -0.39 is 11.8 Å². The Labute approximate surface area is 151 Å². The Bertz CT molecular complexity index is 927. The first-order chi connectivity index (χ1) is 12.6. The Kier molecular flexibility index (Phi) is 4.90. The summed E-state index contributed by atoms with van der Waals surface area (Å²) in [6, 6.07) is 19.7. The number of nitrogens with one attached hydrogen (secondary N) is 1. The van der Waals surface area contributed by atoms with Crippen molar-refractivity contribution in [2.45, 2.75) is 6.92 Å². The zero-order valence-electron chi connectivity index (χ0n) is 14.1. The third-order valence-corrected chi connectivity index (χ3v) is 3.91. The molecular weight excluding hydrogens is 328 g/mol. The van der Waals surface area contributed by atoms with Gasteiger partial charge < -0.3 is 5.32 Å². The quantitative estimate of drug-likeness (QED) is 0.683. The smallest absolute Gasteiger partial charge is 0.266 e. The van der Waals surface area contributed by atoms with Crippen LogP contribution < -0.4 is 10.3 Å². The van der Waals surface area contributed by atoms with E-state index in [2.05, 4.69) is 10.4 Å². The molecule has 6 nitrogen and oxygen atoms in total. The highest BCUT2D eigenvalue weighted by Gasteiger charge is 2.33. The van der Waals surface area contributed by atoms with Gasteiger partial charge in [0, 0.05) is 5.69 Å². The SMILES string of the molecule is CC1=NN(c2ccccc2)C(=O)[C@H]1/C=C(/C#N)C(=O)Nc1ccccc1. The van der Waals surface area contributed by atoms with Gasteiger partial charge >= 0.3 is 0 Å². The van der Waals surface area contributed by atoms with Crippen LogP contribution in [0, 0.1) is 17.2 Å². The third-order valence-electron chi connectivity index (χ3n) is 3.91. The summed E-state index contributed by atoms with van der Waals surface area (Å²) in [5, 5.41) is 17.6. The van der Waals surface area contributed by atoms with Crippen molar-refractivity contribution in [3.05, 3.63) is 72.3 Å². The number of hydrazone groups is 1. The van der Waals surface area contributed by atoms with E-state index >= 15 is 0 Å². The predicted molar refractivity (Wildman–Crippen MR) is 99.3 cm³/mol. The van der Waals surface area contributed by atoms with Gasteiger partial charge in [-0.3, -0.25) is 9.59 Å². The lowest BCUT2D eigenvalue weighted by Gasteiger charge is -2.12. The van der Waals surface area contributed by atoms with Crippen LogP contribution in [0.15, 0.2) is 77.4 Å². The summed E-state index contributed by atoms with van der Waals surface area (Å²) >= 11 is 0. The monoisotopic (exact) mass is 344 g/mol. The average Bonchev–Trinajstić information content (AvgIpc) is 2.95. The van der Waals surface area contributed by atoms with Crippen LogP contribution in [-0.4, -0.2) is 17.5 Å². The normalized spacial score (nSPS) is 16.8. The number of benzene rings is 2. The molecule has 2 aromatic carbocycles. The molecule has 0 saturated heterocycles. The Morgan fingerprint density at radius 2 is 1.77 bits per heavy atom. The molecule has 26 heavy (non-hydrogen) atoms. The molecule has 1 aliphatic heterocycles. The molecule has 1 N–H and O–H groups in total. The van der Waals surface area contributed by atoms with E-state index in [0.29, 0.717) is 17.1 Å². The molecule has 0 aliphatic carbocycles. The fraction of sp³-hybridized carbons (Fsp3) is 0.100. The number of amides is 2. The van der Waals surface area contributed by atoms with Crippen molar-refractivity contribution in [2.75, 3.05) is 10.3 Å². The minimum atomic E-state index is -0.744. The van der Waals surface area contributed by atoms with E-state index in [-0.39, 0.29) is 11.5 Å². The van der Waals surface area contributed by atoms with Gasteiger partial charge in [-0.25, -0.2) is 0 Å². The molecule has 2 aromatic rings. The van der Waals surface area contributed by atoms with Crippen molar-refractivity contribution in [1.82, 2.24) is 0 Å². The number of nitrogens with zero attached hydrogens (tertiary/aromatic N) is 3. The maximum absolute atomic E-state index is 12.7. The first kappa shape index (κ1) is 17.1. The second-order valence-corrected chi connectivity index (χ2v) is 5.72. The predicted octanol–water partition coefficient (Wildman–Crippen LogP) is 3.11. The molecule has 0 radical (unpaired) electrons. The summed E-state index contributed by atoms with van der Waals surface area (Å²) < 4.78 is 0. The van der Waals surface area contributed by atoms with Crippen molar-refractivity contribution in [1.29, 1.82) is 5.26 Å². The van der Waals surface area contributed by atoms with E-state index in [1.165, 1.54) is 11.1 Å². The maximum Gasteiger partial charge on any atom is 0.266 e. The first-order valence-electron chi connectivity index (χ1n) is 8.02. The Morgan fingerprint density at radius 1 is 1.15 bits per heavy atom. The summed E-state index contributed by atoms with van der Waals surface area (Å²) in [4.78, 5) is 25.0. The molecule has 0 aromatic heterocycles. The van der Waals surface area contributed by atoms with Gasteiger partial charge in [-0.05, 0) is 37.3 Å². The van der Waals surface area contributed by atoms with Gasteiger partial charge in [-0.2, -0.15) is 15.4 Å². The van der Waals surface area contributed by atoms with E-state index in [1.54, 1.807) is 43.3 Å². The van der Waals surface area contributed by atoms with E-state index in [1.807, 2.05) is 30.3 Å². The number of nitriles is 1. The van der Waals surface area contributed by atoms with Crippen molar-refractivity contribution in [3.8, 4) is 6.07 Å². The zero-order chi connectivity index (χ0) is 18.5. The number of hydrogen-bond acceptors (Lipinski definition) is 4. The van der Waals surface area contributed by atoms with Gasteiger partial charge in [0.2, 0.25) is 0 Å². The number of rotatable bonds is 4. The van der Waals surface area contributed by atoms with E-state index in [9.17, 15) is 14.9 Å². The topological polar surface area (TPSA) is 85.6 Å². The lowest BCUT2D eigenvalue weighted by Crippen LogP contribution is -2.27. The number of carbonyl (C=O) groups excluding carboxylic acids is 2. The fourth-order valence-corrected chi connectivity index (χ4v) is 2.58. The minimum absolute atomic E-state index is 0.128. The van der Waals surface area contributed by atoms with Gasteiger partial charge in [0.1, 0.15) is 11.6 Å². The molecule has 0 fully saturated rings. The molecule has 0 spiro atoms. The molecule has 1 atom stereocenters. The Hall–Kier alpha value is -3.72. The highest BCUT2D eigenvalue weighted by Crippen LogP contribution is 2.25. The highest BCUT2D eigenvalue weighted by atomic mass is 16.2. The van der Waals surface area contributed by atoms with Gasteiger partial charge in [0.15, 0.2) is 0 Å². The highest BCUT2D eigenvalue weighted by molar-refractivity contribution is 6.17. The summed E-state index contributed by atoms with van der Waals surface area (Å²) in [7, 11) is 0. The van der Waals surface area contributed by atoms with Gasteiger partial charge in [-0.15, -0.1) is 0 Å². The van der Waals surface area contributed by atoms with Gasteiger partial charge in [0.05, 0.1) is 17.3 Å². The van der Waals surface area contributed by atoms with Crippen LogP contribution in [-0.2, 0) is 9.59 Å². The largest absolute Gasteiger partial charge is 0.321 e. The number of para-hydroxylation sites is 2. The molecule has 1 heterocycles. The van der Waals surface area contributed by atoms with Gasteiger partial charge in [0.25, 0.3) is 11.8 Å². The molecule has 3 rings (SSSR count). The van der Waals surface area contributed by atoms with E-state index in [4.69, 9.17) is 0 Å². The molecule has 6 heteroatoms. The lowest BCUT2D eigenvalue weighted by molar-refractivity contribution is -0.118. The van der Waals surface area contributed by atoms with Crippen molar-refractivity contribution >= 4 is 28.9 Å². The zero-order valence-corrected chi connectivity index (χ0v) is 14.1. The Morgan fingerprint density at radius 3 is 2.38 bits per heavy atom. The second kappa shape index (κ2) is 7.45. The molecule has 1 aliphatic rings. The Balaban J connectivity index is 1.81. The molecule has 128 valence electrons. The van der Waals surface area contributed by atoms with Crippen LogP contribution in [0.2, 0.25) is 0 Å². The van der Waals surface area contributed by atoms with Crippen LogP contribution in [0.1, 0.15) is 6.92 Å². The number of hydrogen-bond donors (Lipinski definition) is 1. The minimum Gasteiger partial charge on any atom is -0.321 e. The van der Waals surface area contributed by atoms with Crippen LogP contribution >= 0.6 is 0 Å². The average molecular weight is 344 g/mol. The van der Waals surface area contributed by atoms with Crippen LogP contribution in [0.3, 0.4) is 0 Å². The number of anilines is 2. The molecule has 2 amide bonds. The van der Waals surface area contributed by atoms with Gasteiger partial charge in [-0.1, -0.05) is 36.4 Å². The van der Waals surface area contributed by atoms with Crippen LogP contribution in [0.5, 0.6) is 0 Å². The molecule has 0 bridgehead atoms. The fourth-order valence-electron chi connectivity index (χ4n) is 2.58. The van der Waals surface area contributed by atoms with Crippen molar-refractivity contribution < 1.29 is 9.59 Å². The standard InChI is InChI=1S/C20H16N4O2/c1-14-18(20(26)24(23-14)17-10-6-3-7-11-17)12-15(13-21)19(25)22-16-8-4-2-5-9-16/h2-12,18H,1H3,(H,22,25)/b15-12-/t18-/m0/s1. The van der Waals surface area contributed by atoms with Crippen molar-refractivity contribution in [2.24, 2.45) is 11.0 Å². The molecule has 0 saturated carbocycles. The van der Waals surface area contributed by atoms with Crippen LogP contribution in [0.25, 0.3) is 0 Å².